The molecule has 0 N–H and O–H groups in total. The summed E-state index contributed by atoms with van der Waals surface area (Å²) in [5, 5.41) is 0. The van der Waals surface area contributed by atoms with Crippen LogP contribution in [0.15, 0.2) is 36.4 Å². The second-order valence-corrected chi connectivity index (χ2v) is 6.68. The minimum Gasteiger partial charge on any atom is -0.359 e. The van der Waals surface area contributed by atoms with Gasteiger partial charge in [-0.2, -0.15) is 4.98 Å². The van der Waals surface area contributed by atoms with Gasteiger partial charge < -0.3 is 14.7 Å². The maximum Gasteiger partial charge on any atom is 0.228 e. The van der Waals surface area contributed by atoms with Crippen molar-refractivity contribution in [2.24, 2.45) is 0 Å². The van der Waals surface area contributed by atoms with Crippen molar-refractivity contribution in [3.63, 3.8) is 0 Å². The highest BCUT2D eigenvalue weighted by Gasteiger charge is 2.20. The topological polar surface area (TPSA) is 52.6 Å². The molecule has 0 saturated carbocycles. The number of benzene rings is 1. The predicted octanol–water partition coefficient (Wildman–Crippen LogP) is 2.66. The molecule has 3 rings (SSSR count). The molecule has 26 heavy (non-hydrogen) atoms. The highest BCUT2D eigenvalue weighted by molar-refractivity contribution is 5.65. The Kier molecular flexibility index (Phi) is 6.04. The molecular weight excluding hydrogens is 326 g/mol. The molecule has 1 aromatic carbocycles. The van der Waals surface area contributed by atoms with Crippen molar-refractivity contribution in [2.75, 3.05) is 49.6 Å². The number of nitrogens with zero attached hydrogens (tertiary/aromatic N) is 5. The third kappa shape index (κ3) is 4.31. The molecule has 2 heterocycles. The molecule has 0 aliphatic carbocycles. The quantitative estimate of drug-likeness (QED) is 0.716. The number of piperazine rings is 1. The van der Waals surface area contributed by atoms with Gasteiger partial charge in [-0.15, -0.1) is 0 Å². The molecule has 1 amide bonds. The summed E-state index contributed by atoms with van der Waals surface area (Å²) in [7, 11) is 2.08. The third-order valence-corrected chi connectivity index (χ3v) is 4.75. The molecule has 0 spiro atoms. The summed E-state index contributed by atoms with van der Waals surface area (Å²) >= 11 is 0. The Morgan fingerprint density at radius 2 is 1.85 bits per heavy atom. The van der Waals surface area contributed by atoms with E-state index in [-0.39, 0.29) is 0 Å². The smallest absolute Gasteiger partial charge is 0.228 e. The van der Waals surface area contributed by atoms with E-state index < -0.39 is 0 Å². The molecule has 0 unspecified atom stereocenters. The summed E-state index contributed by atoms with van der Waals surface area (Å²) in [4.78, 5) is 26.8. The van der Waals surface area contributed by atoms with Crippen LogP contribution in [0.2, 0.25) is 0 Å². The molecule has 0 radical (unpaired) electrons. The number of anilines is 2. The first-order chi connectivity index (χ1) is 12.7. The Bertz CT molecular complexity index is 713. The van der Waals surface area contributed by atoms with Gasteiger partial charge in [-0.05, 0) is 6.42 Å². The fourth-order valence-corrected chi connectivity index (χ4v) is 3.05. The Balaban J connectivity index is 1.91. The van der Waals surface area contributed by atoms with E-state index in [9.17, 15) is 4.79 Å². The van der Waals surface area contributed by atoms with Gasteiger partial charge in [0.15, 0.2) is 0 Å². The summed E-state index contributed by atoms with van der Waals surface area (Å²) in [5.41, 5.74) is 2.03. The van der Waals surface area contributed by atoms with E-state index in [1.807, 2.05) is 18.2 Å². The minimum absolute atomic E-state index is 0.712. The highest BCUT2D eigenvalue weighted by atomic mass is 16.1. The highest BCUT2D eigenvalue weighted by Crippen LogP contribution is 2.25. The SMILES string of the molecule is CCCCN(C)c1cc(-c2ccccc2)nc(N2CCN(C=O)CC2)n1. The van der Waals surface area contributed by atoms with Crippen LogP contribution in [0.3, 0.4) is 0 Å². The monoisotopic (exact) mass is 353 g/mol. The lowest BCUT2D eigenvalue weighted by molar-refractivity contribution is -0.118. The zero-order valence-electron chi connectivity index (χ0n) is 15.6. The van der Waals surface area contributed by atoms with Crippen LogP contribution in [0, 0.1) is 0 Å². The molecule has 1 saturated heterocycles. The van der Waals surface area contributed by atoms with Gasteiger partial charge in [0, 0.05) is 51.4 Å². The summed E-state index contributed by atoms with van der Waals surface area (Å²) in [6.45, 7) is 6.11. The number of hydrogen-bond donors (Lipinski definition) is 0. The van der Waals surface area contributed by atoms with Crippen molar-refractivity contribution < 1.29 is 4.79 Å². The van der Waals surface area contributed by atoms with Gasteiger partial charge in [0.1, 0.15) is 5.82 Å². The third-order valence-electron chi connectivity index (χ3n) is 4.75. The summed E-state index contributed by atoms with van der Waals surface area (Å²) in [5.74, 6) is 1.69. The van der Waals surface area contributed by atoms with Gasteiger partial charge in [0.2, 0.25) is 12.4 Å². The standard InChI is InChI=1S/C20H27N5O/c1-3-4-10-23(2)19-15-18(17-8-6-5-7-9-17)21-20(22-19)25-13-11-24(16-26)12-14-25/h5-9,15-16H,3-4,10-14H2,1-2H3. The largest absolute Gasteiger partial charge is 0.359 e. The average molecular weight is 353 g/mol. The lowest BCUT2D eigenvalue weighted by atomic mass is 10.1. The predicted molar refractivity (Wildman–Crippen MR) is 105 cm³/mol. The average Bonchev–Trinajstić information content (AvgIpc) is 2.72. The first-order valence-corrected chi connectivity index (χ1v) is 9.31. The minimum atomic E-state index is 0.712. The first kappa shape index (κ1) is 18.2. The van der Waals surface area contributed by atoms with Gasteiger partial charge in [-0.1, -0.05) is 43.7 Å². The van der Waals surface area contributed by atoms with E-state index in [0.717, 1.165) is 61.9 Å². The van der Waals surface area contributed by atoms with Gasteiger partial charge in [-0.25, -0.2) is 4.98 Å². The van der Waals surface area contributed by atoms with Gasteiger partial charge in [0.05, 0.1) is 5.69 Å². The van der Waals surface area contributed by atoms with E-state index >= 15 is 0 Å². The molecule has 1 aromatic heterocycles. The Morgan fingerprint density at radius 1 is 1.12 bits per heavy atom. The number of amides is 1. The maximum absolute atomic E-state index is 11.0. The van der Waals surface area contributed by atoms with Crippen molar-refractivity contribution in [1.29, 1.82) is 0 Å². The van der Waals surface area contributed by atoms with E-state index in [4.69, 9.17) is 9.97 Å². The molecular formula is C20H27N5O. The summed E-state index contributed by atoms with van der Waals surface area (Å²) in [6, 6.07) is 12.3. The number of unbranched alkanes of at least 4 members (excludes halogenated alkanes) is 1. The molecule has 6 heteroatoms. The molecule has 2 aromatic rings. The molecule has 0 atom stereocenters. The van der Waals surface area contributed by atoms with E-state index in [1.54, 1.807) is 4.90 Å². The summed E-state index contributed by atoms with van der Waals surface area (Å²) < 4.78 is 0. The van der Waals surface area contributed by atoms with Crippen LogP contribution in [-0.4, -0.2) is 61.0 Å². The zero-order chi connectivity index (χ0) is 18.4. The summed E-state index contributed by atoms with van der Waals surface area (Å²) in [6.07, 6.45) is 3.21. The molecule has 6 nitrogen and oxygen atoms in total. The second kappa shape index (κ2) is 8.65. The van der Waals surface area contributed by atoms with E-state index in [2.05, 4.69) is 42.0 Å². The maximum atomic E-state index is 11.0. The lowest BCUT2D eigenvalue weighted by Crippen LogP contribution is -2.46. The van der Waals surface area contributed by atoms with Gasteiger partial charge in [0.25, 0.3) is 0 Å². The number of rotatable bonds is 7. The molecule has 1 aliphatic rings. The Morgan fingerprint density at radius 3 is 2.50 bits per heavy atom. The Hall–Kier alpha value is -2.63. The molecule has 0 bridgehead atoms. The number of carbonyl (C=O) groups excluding carboxylic acids is 1. The number of carbonyl (C=O) groups is 1. The van der Waals surface area contributed by atoms with Crippen molar-refractivity contribution in [1.82, 2.24) is 14.9 Å². The van der Waals surface area contributed by atoms with Crippen molar-refractivity contribution in [3.05, 3.63) is 36.4 Å². The van der Waals surface area contributed by atoms with Gasteiger partial charge in [-0.3, -0.25) is 4.79 Å². The second-order valence-electron chi connectivity index (χ2n) is 6.68. The normalized spacial score (nSPS) is 14.4. The van der Waals surface area contributed by atoms with Crippen LogP contribution in [0.25, 0.3) is 11.3 Å². The first-order valence-electron chi connectivity index (χ1n) is 9.31. The fourth-order valence-electron chi connectivity index (χ4n) is 3.05. The molecule has 138 valence electrons. The molecule has 1 aliphatic heterocycles. The lowest BCUT2D eigenvalue weighted by Gasteiger charge is -2.33. The van der Waals surface area contributed by atoms with E-state index in [1.165, 1.54) is 0 Å². The van der Waals surface area contributed by atoms with Crippen LogP contribution < -0.4 is 9.80 Å². The van der Waals surface area contributed by atoms with Crippen LogP contribution >= 0.6 is 0 Å². The van der Waals surface area contributed by atoms with Crippen molar-refractivity contribution >= 4 is 18.2 Å². The van der Waals surface area contributed by atoms with E-state index in [0.29, 0.717) is 13.1 Å². The zero-order valence-corrected chi connectivity index (χ0v) is 15.6. The fraction of sp³-hybridized carbons (Fsp3) is 0.450. The number of hydrogen-bond acceptors (Lipinski definition) is 5. The van der Waals surface area contributed by atoms with Crippen LogP contribution in [0.5, 0.6) is 0 Å². The number of aromatic nitrogens is 2. The van der Waals surface area contributed by atoms with Crippen LogP contribution in [0.4, 0.5) is 11.8 Å². The molecule has 1 fully saturated rings. The Labute approximate surface area is 155 Å². The van der Waals surface area contributed by atoms with Crippen molar-refractivity contribution in [2.45, 2.75) is 19.8 Å². The van der Waals surface area contributed by atoms with Crippen LogP contribution in [-0.2, 0) is 4.79 Å². The van der Waals surface area contributed by atoms with Crippen LogP contribution in [0.1, 0.15) is 19.8 Å². The van der Waals surface area contributed by atoms with Crippen molar-refractivity contribution in [3.8, 4) is 11.3 Å². The van der Waals surface area contributed by atoms with Gasteiger partial charge >= 0.3 is 0 Å².